The van der Waals surface area contributed by atoms with Gasteiger partial charge < -0.3 is 15.6 Å². The standard InChI is InChI=1S/C17H23N3O/c18-11-14-6-4-5-13-9-10-20(17(13)14)12-16(21)19-15-7-2-1-3-8-15/h4-6,9-10,15H,1-3,7-8,11-12,18H2,(H,19,21). The van der Waals surface area contributed by atoms with E-state index in [1.807, 2.05) is 29.0 Å². The van der Waals surface area contributed by atoms with Gasteiger partial charge in [0.2, 0.25) is 5.91 Å². The first-order chi connectivity index (χ1) is 10.3. The molecule has 1 aromatic heterocycles. The van der Waals surface area contributed by atoms with Gasteiger partial charge in [0.25, 0.3) is 0 Å². The summed E-state index contributed by atoms with van der Waals surface area (Å²) >= 11 is 0. The van der Waals surface area contributed by atoms with E-state index in [0.29, 0.717) is 19.1 Å². The lowest BCUT2D eigenvalue weighted by Gasteiger charge is -2.23. The number of nitrogens with zero attached hydrogens (tertiary/aromatic N) is 1. The number of amides is 1. The second-order valence-electron chi connectivity index (χ2n) is 5.91. The number of fused-ring (bicyclic) bond motifs is 1. The smallest absolute Gasteiger partial charge is 0.240 e. The van der Waals surface area contributed by atoms with Crippen molar-refractivity contribution in [2.45, 2.75) is 51.2 Å². The molecule has 21 heavy (non-hydrogen) atoms. The molecule has 1 amide bonds. The Morgan fingerprint density at radius 2 is 2.05 bits per heavy atom. The summed E-state index contributed by atoms with van der Waals surface area (Å²) in [6.07, 6.45) is 7.97. The van der Waals surface area contributed by atoms with Gasteiger partial charge >= 0.3 is 0 Å². The minimum absolute atomic E-state index is 0.103. The zero-order chi connectivity index (χ0) is 14.7. The van der Waals surface area contributed by atoms with Crippen LogP contribution < -0.4 is 11.1 Å². The van der Waals surface area contributed by atoms with Crippen molar-refractivity contribution < 1.29 is 4.79 Å². The molecule has 0 unspecified atom stereocenters. The zero-order valence-corrected chi connectivity index (χ0v) is 12.3. The highest BCUT2D eigenvalue weighted by Crippen LogP contribution is 2.21. The minimum Gasteiger partial charge on any atom is -0.352 e. The quantitative estimate of drug-likeness (QED) is 0.907. The highest BCUT2D eigenvalue weighted by atomic mass is 16.2. The number of carbonyl (C=O) groups is 1. The number of para-hydroxylation sites is 1. The summed E-state index contributed by atoms with van der Waals surface area (Å²) < 4.78 is 2.01. The molecular formula is C17H23N3O. The highest BCUT2D eigenvalue weighted by Gasteiger charge is 2.16. The van der Waals surface area contributed by atoms with E-state index in [4.69, 9.17) is 5.73 Å². The van der Waals surface area contributed by atoms with Gasteiger partial charge in [-0.15, -0.1) is 0 Å². The Morgan fingerprint density at radius 1 is 1.24 bits per heavy atom. The molecule has 0 saturated heterocycles. The number of nitrogens with one attached hydrogen (secondary N) is 1. The molecule has 4 heteroatoms. The van der Waals surface area contributed by atoms with Gasteiger partial charge in [0.15, 0.2) is 0 Å². The van der Waals surface area contributed by atoms with Gasteiger partial charge in [-0.3, -0.25) is 4.79 Å². The van der Waals surface area contributed by atoms with E-state index >= 15 is 0 Å². The lowest BCUT2D eigenvalue weighted by molar-refractivity contribution is -0.122. The molecule has 4 nitrogen and oxygen atoms in total. The van der Waals surface area contributed by atoms with E-state index in [0.717, 1.165) is 29.3 Å². The molecule has 1 fully saturated rings. The number of benzene rings is 1. The SMILES string of the molecule is NCc1cccc2ccn(CC(=O)NC3CCCCC3)c12. The Labute approximate surface area is 125 Å². The summed E-state index contributed by atoms with van der Waals surface area (Å²) in [6.45, 7) is 0.864. The minimum atomic E-state index is 0.103. The Balaban J connectivity index is 1.73. The van der Waals surface area contributed by atoms with Crippen LogP contribution in [0.2, 0.25) is 0 Å². The molecule has 1 aromatic carbocycles. The molecule has 0 radical (unpaired) electrons. The average molecular weight is 285 g/mol. The van der Waals surface area contributed by atoms with Crippen molar-refractivity contribution in [2.24, 2.45) is 5.73 Å². The molecule has 2 aromatic rings. The second kappa shape index (κ2) is 6.31. The van der Waals surface area contributed by atoms with Crippen LogP contribution in [0.3, 0.4) is 0 Å². The first-order valence-electron chi connectivity index (χ1n) is 7.84. The van der Waals surface area contributed by atoms with Crippen molar-refractivity contribution in [1.82, 2.24) is 9.88 Å². The molecule has 1 saturated carbocycles. The maximum Gasteiger partial charge on any atom is 0.240 e. The van der Waals surface area contributed by atoms with Crippen molar-refractivity contribution in [3.05, 3.63) is 36.0 Å². The number of hydrogen-bond acceptors (Lipinski definition) is 2. The zero-order valence-electron chi connectivity index (χ0n) is 12.3. The molecule has 0 atom stereocenters. The Bertz CT molecular complexity index is 626. The van der Waals surface area contributed by atoms with Crippen LogP contribution >= 0.6 is 0 Å². The molecule has 0 spiro atoms. The van der Waals surface area contributed by atoms with Crippen LogP contribution in [0, 0.1) is 0 Å². The van der Waals surface area contributed by atoms with Gasteiger partial charge in [0.05, 0.1) is 5.52 Å². The molecule has 1 aliphatic carbocycles. The van der Waals surface area contributed by atoms with E-state index < -0.39 is 0 Å². The number of rotatable bonds is 4. The Hall–Kier alpha value is -1.81. The number of hydrogen-bond donors (Lipinski definition) is 2. The van der Waals surface area contributed by atoms with Gasteiger partial charge in [-0.1, -0.05) is 37.5 Å². The van der Waals surface area contributed by atoms with E-state index in [1.165, 1.54) is 19.3 Å². The van der Waals surface area contributed by atoms with Crippen LogP contribution in [0.1, 0.15) is 37.7 Å². The summed E-state index contributed by atoms with van der Waals surface area (Å²) in [6, 6.07) is 8.50. The molecule has 3 N–H and O–H groups in total. The summed E-state index contributed by atoms with van der Waals surface area (Å²) in [7, 11) is 0. The molecule has 0 bridgehead atoms. The monoisotopic (exact) mass is 285 g/mol. The summed E-state index contributed by atoms with van der Waals surface area (Å²) in [4.78, 5) is 12.3. The van der Waals surface area contributed by atoms with Crippen LogP contribution in [-0.2, 0) is 17.9 Å². The van der Waals surface area contributed by atoms with E-state index in [-0.39, 0.29) is 5.91 Å². The number of nitrogens with two attached hydrogens (primary N) is 1. The largest absolute Gasteiger partial charge is 0.352 e. The first-order valence-corrected chi connectivity index (χ1v) is 7.84. The molecular weight excluding hydrogens is 262 g/mol. The van der Waals surface area contributed by atoms with Crippen LogP contribution in [0.15, 0.2) is 30.5 Å². The van der Waals surface area contributed by atoms with Gasteiger partial charge in [-0.25, -0.2) is 0 Å². The maximum atomic E-state index is 12.3. The van der Waals surface area contributed by atoms with Gasteiger partial charge in [-0.2, -0.15) is 0 Å². The second-order valence-corrected chi connectivity index (χ2v) is 5.91. The third kappa shape index (κ3) is 3.10. The summed E-state index contributed by atoms with van der Waals surface area (Å²) in [5, 5.41) is 4.31. The van der Waals surface area contributed by atoms with Gasteiger partial charge in [0.1, 0.15) is 6.54 Å². The Kier molecular flexibility index (Phi) is 4.25. The molecule has 0 aliphatic heterocycles. The fraction of sp³-hybridized carbons (Fsp3) is 0.471. The first kappa shape index (κ1) is 14.1. The third-order valence-electron chi connectivity index (χ3n) is 4.38. The van der Waals surface area contributed by atoms with Gasteiger partial charge in [0, 0.05) is 18.8 Å². The normalized spacial score (nSPS) is 16.2. The lowest BCUT2D eigenvalue weighted by Crippen LogP contribution is -2.38. The maximum absolute atomic E-state index is 12.3. The van der Waals surface area contributed by atoms with Crippen LogP contribution in [0.4, 0.5) is 0 Å². The summed E-state index contributed by atoms with van der Waals surface area (Å²) in [5.74, 6) is 0.103. The van der Waals surface area contributed by atoms with Crippen LogP contribution in [-0.4, -0.2) is 16.5 Å². The van der Waals surface area contributed by atoms with E-state index in [2.05, 4.69) is 11.4 Å². The van der Waals surface area contributed by atoms with Crippen molar-refractivity contribution >= 4 is 16.8 Å². The summed E-state index contributed by atoms with van der Waals surface area (Å²) in [5.41, 5.74) is 7.98. The van der Waals surface area contributed by atoms with Crippen LogP contribution in [0.5, 0.6) is 0 Å². The van der Waals surface area contributed by atoms with Crippen molar-refractivity contribution in [1.29, 1.82) is 0 Å². The van der Waals surface area contributed by atoms with Gasteiger partial charge in [-0.05, 0) is 29.9 Å². The predicted octanol–water partition coefficient (Wildman–Crippen LogP) is 2.55. The van der Waals surface area contributed by atoms with E-state index in [9.17, 15) is 4.79 Å². The topological polar surface area (TPSA) is 60.0 Å². The van der Waals surface area contributed by atoms with Crippen molar-refractivity contribution in [3.63, 3.8) is 0 Å². The predicted molar refractivity (Wildman–Crippen MR) is 84.8 cm³/mol. The number of carbonyl (C=O) groups excluding carboxylic acids is 1. The van der Waals surface area contributed by atoms with Crippen molar-refractivity contribution in [2.75, 3.05) is 0 Å². The molecule has 112 valence electrons. The Morgan fingerprint density at radius 3 is 2.81 bits per heavy atom. The molecule has 1 aliphatic rings. The highest BCUT2D eigenvalue weighted by molar-refractivity contribution is 5.85. The van der Waals surface area contributed by atoms with Crippen molar-refractivity contribution in [3.8, 4) is 0 Å². The third-order valence-corrected chi connectivity index (χ3v) is 4.38. The van der Waals surface area contributed by atoms with E-state index in [1.54, 1.807) is 0 Å². The molecule has 3 rings (SSSR count). The molecule has 1 heterocycles. The number of aromatic nitrogens is 1. The van der Waals surface area contributed by atoms with Crippen LogP contribution in [0.25, 0.3) is 10.9 Å². The lowest BCUT2D eigenvalue weighted by atomic mass is 9.95. The fourth-order valence-electron chi connectivity index (χ4n) is 3.31. The average Bonchev–Trinajstić information content (AvgIpc) is 2.91. The fourth-order valence-corrected chi connectivity index (χ4v) is 3.31.